The number of nitrogens with zero attached hydrogens (tertiary/aromatic N) is 1. The summed E-state index contributed by atoms with van der Waals surface area (Å²) in [6.07, 6.45) is 1.20. The molecule has 0 aliphatic carbocycles. The first-order valence-electron chi connectivity index (χ1n) is 6.86. The highest BCUT2D eigenvalue weighted by molar-refractivity contribution is 6.04. The normalized spacial score (nSPS) is 17.5. The van der Waals surface area contributed by atoms with Crippen molar-refractivity contribution in [2.45, 2.75) is 39.2 Å². The fourth-order valence-electron chi connectivity index (χ4n) is 2.30. The van der Waals surface area contributed by atoms with E-state index in [0.717, 1.165) is 17.0 Å². The van der Waals surface area contributed by atoms with Gasteiger partial charge in [-0.3, -0.25) is 20.0 Å². The minimum absolute atomic E-state index is 0.136. The van der Waals surface area contributed by atoms with Crippen LogP contribution in [-0.4, -0.2) is 40.6 Å². The van der Waals surface area contributed by atoms with Crippen LogP contribution in [0.5, 0.6) is 0 Å². The first-order valence-corrected chi connectivity index (χ1v) is 6.86. The monoisotopic (exact) mass is 293 g/mol. The van der Waals surface area contributed by atoms with Gasteiger partial charge in [0.25, 0.3) is 5.91 Å². The van der Waals surface area contributed by atoms with Crippen molar-refractivity contribution in [2.75, 3.05) is 6.54 Å². The minimum Gasteiger partial charge on any atom is -0.356 e. The lowest BCUT2D eigenvalue weighted by atomic mass is 10.1. The molecule has 0 aromatic carbocycles. The highest BCUT2D eigenvalue weighted by atomic mass is 16.2. The second kappa shape index (κ2) is 6.38. The molecule has 0 unspecified atom stereocenters. The molecule has 2 rings (SSSR count). The summed E-state index contributed by atoms with van der Waals surface area (Å²) < 4.78 is 0. The Bertz CT molecular complexity index is 547. The Morgan fingerprint density at radius 2 is 2.10 bits per heavy atom. The van der Waals surface area contributed by atoms with Crippen molar-refractivity contribution in [1.29, 1.82) is 0 Å². The van der Waals surface area contributed by atoms with Gasteiger partial charge in [0.15, 0.2) is 0 Å². The van der Waals surface area contributed by atoms with Gasteiger partial charge in [-0.2, -0.15) is 5.10 Å². The first-order chi connectivity index (χ1) is 9.97. The van der Waals surface area contributed by atoms with Crippen LogP contribution in [0.15, 0.2) is 0 Å². The molecule has 0 bridgehead atoms. The molecule has 1 fully saturated rings. The zero-order valence-electron chi connectivity index (χ0n) is 12.1. The third-order valence-electron chi connectivity index (χ3n) is 3.50. The van der Waals surface area contributed by atoms with E-state index in [9.17, 15) is 14.4 Å². The molecule has 1 aliphatic heterocycles. The smallest absolute Gasteiger partial charge is 0.322 e. The summed E-state index contributed by atoms with van der Waals surface area (Å²) in [5.41, 5.74) is 3.05. The van der Waals surface area contributed by atoms with E-state index >= 15 is 0 Å². The average Bonchev–Trinajstić information content (AvgIpc) is 2.91. The number of imide groups is 1. The second-order valence-electron chi connectivity index (χ2n) is 5.07. The van der Waals surface area contributed by atoms with Gasteiger partial charge in [0.1, 0.15) is 6.04 Å². The molecule has 8 nitrogen and oxygen atoms in total. The van der Waals surface area contributed by atoms with Gasteiger partial charge in [0.05, 0.1) is 5.69 Å². The van der Waals surface area contributed by atoms with E-state index in [4.69, 9.17) is 0 Å². The van der Waals surface area contributed by atoms with Crippen molar-refractivity contribution < 1.29 is 14.4 Å². The molecule has 4 N–H and O–H groups in total. The number of H-pyrrole nitrogens is 1. The lowest BCUT2D eigenvalue weighted by molar-refractivity contribution is -0.122. The van der Waals surface area contributed by atoms with Gasteiger partial charge in [-0.1, -0.05) is 0 Å². The van der Waals surface area contributed by atoms with E-state index in [2.05, 4.69) is 26.1 Å². The molecule has 1 saturated heterocycles. The quantitative estimate of drug-likeness (QED) is 0.537. The number of carbonyl (C=O) groups excluding carboxylic acids is 3. The van der Waals surface area contributed by atoms with Gasteiger partial charge >= 0.3 is 6.03 Å². The molecule has 1 aliphatic rings. The number of amides is 4. The van der Waals surface area contributed by atoms with E-state index in [0.29, 0.717) is 19.4 Å². The molecule has 0 saturated carbocycles. The van der Waals surface area contributed by atoms with E-state index < -0.39 is 12.1 Å². The SMILES string of the molecule is Cc1n[nH]c(C)c1CCNC(=O)CC[C@@H]1NC(=O)NC1=O. The van der Waals surface area contributed by atoms with Crippen molar-refractivity contribution in [3.05, 3.63) is 17.0 Å². The van der Waals surface area contributed by atoms with E-state index in [-0.39, 0.29) is 18.2 Å². The lowest BCUT2D eigenvalue weighted by Crippen LogP contribution is -2.32. The van der Waals surface area contributed by atoms with Crippen LogP contribution >= 0.6 is 0 Å². The Morgan fingerprint density at radius 3 is 2.67 bits per heavy atom. The Morgan fingerprint density at radius 1 is 1.33 bits per heavy atom. The number of urea groups is 1. The Balaban J connectivity index is 1.68. The summed E-state index contributed by atoms with van der Waals surface area (Å²) >= 11 is 0. The zero-order chi connectivity index (χ0) is 15.4. The third-order valence-corrected chi connectivity index (χ3v) is 3.50. The number of nitrogens with one attached hydrogen (secondary N) is 4. The van der Waals surface area contributed by atoms with Gasteiger partial charge in [-0.05, 0) is 32.3 Å². The summed E-state index contributed by atoms with van der Waals surface area (Å²) in [5.74, 6) is -0.514. The number of rotatable bonds is 6. The molecule has 8 heteroatoms. The highest BCUT2D eigenvalue weighted by Gasteiger charge is 2.29. The van der Waals surface area contributed by atoms with Crippen LogP contribution in [0.3, 0.4) is 0 Å². The van der Waals surface area contributed by atoms with Gasteiger partial charge < -0.3 is 10.6 Å². The molecular formula is C13H19N5O3. The molecular weight excluding hydrogens is 274 g/mol. The maximum absolute atomic E-state index is 11.7. The fourth-order valence-corrected chi connectivity index (χ4v) is 2.30. The molecule has 114 valence electrons. The van der Waals surface area contributed by atoms with Crippen molar-refractivity contribution >= 4 is 17.8 Å². The predicted molar refractivity (Wildman–Crippen MR) is 74.5 cm³/mol. The van der Waals surface area contributed by atoms with Crippen LogP contribution in [0.1, 0.15) is 29.8 Å². The maximum Gasteiger partial charge on any atom is 0.322 e. The summed E-state index contributed by atoms with van der Waals surface area (Å²) in [7, 11) is 0. The van der Waals surface area contributed by atoms with Crippen molar-refractivity contribution in [2.24, 2.45) is 0 Å². The van der Waals surface area contributed by atoms with Gasteiger partial charge in [-0.25, -0.2) is 4.79 Å². The van der Waals surface area contributed by atoms with Gasteiger partial charge in [0, 0.05) is 18.7 Å². The topological polar surface area (TPSA) is 116 Å². The summed E-state index contributed by atoms with van der Waals surface area (Å²) in [6, 6.07) is -1.11. The molecule has 1 aromatic rings. The number of hydrogen-bond donors (Lipinski definition) is 4. The number of hydrogen-bond acceptors (Lipinski definition) is 4. The average molecular weight is 293 g/mol. The predicted octanol–water partition coefficient (Wildman–Crippen LogP) is -0.327. The molecule has 21 heavy (non-hydrogen) atoms. The number of aryl methyl sites for hydroxylation is 2. The third kappa shape index (κ3) is 3.80. The number of carbonyl (C=O) groups is 3. The summed E-state index contributed by atoms with van der Waals surface area (Å²) in [6.45, 7) is 4.38. The Kier molecular flexibility index (Phi) is 4.56. The number of aromatic amines is 1. The van der Waals surface area contributed by atoms with Crippen LogP contribution in [0, 0.1) is 13.8 Å². The van der Waals surface area contributed by atoms with Crippen LogP contribution < -0.4 is 16.0 Å². The maximum atomic E-state index is 11.7. The fraction of sp³-hybridized carbons (Fsp3) is 0.538. The van der Waals surface area contributed by atoms with Crippen molar-refractivity contribution in [1.82, 2.24) is 26.1 Å². The highest BCUT2D eigenvalue weighted by Crippen LogP contribution is 2.09. The standard InChI is InChI=1S/C13H19N5O3/c1-7-9(8(2)18-17-7)5-6-14-11(19)4-3-10-12(20)16-13(21)15-10/h10H,3-6H2,1-2H3,(H,14,19)(H,17,18)(H2,15,16,20,21)/t10-/m0/s1. The van der Waals surface area contributed by atoms with Crippen molar-refractivity contribution in [3.63, 3.8) is 0 Å². The second-order valence-corrected chi connectivity index (χ2v) is 5.07. The molecule has 0 spiro atoms. The lowest BCUT2D eigenvalue weighted by Gasteiger charge is -2.08. The largest absolute Gasteiger partial charge is 0.356 e. The molecule has 1 aromatic heterocycles. The van der Waals surface area contributed by atoms with Gasteiger partial charge in [0.2, 0.25) is 5.91 Å². The van der Waals surface area contributed by atoms with Crippen molar-refractivity contribution in [3.8, 4) is 0 Å². The van der Waals surface area contributed by atoms with Crippen LogP contribution in [-0.2, 0) is 16.0 Å². The molecule has 0 radical (unpaired) electrons. The van der Waals surface area contributed by atoms with E-state index in [1.165, 1.54) is 0 Å². The van der Waals surface area contributed by atoms with Crippen LogP contribution in [0.4, 0.5) is 4.79 Å². The Hall–Kier alpha value is -2.38. The molecule has 2 heterocycles. The zero-order valence-corrected chi connectivity index (χ0v) is 12.1. The molecule has 4 amide bonds. The Labute approximate surface area is 122 Å². The minimum atomic E-state index is -0.610. The van der Waals surface area contributed by atoms with E-state index in [1.54, 1.807) is 0 Å². The van der Waals surface area contributed by atoms with Crippen LogP contribution in [0.25, 0.3) is 0 Å². The molecule has 1 atom stereocenters. The van der Waals surface area contributed by atoms with E-state index in [1.807, 2.05) is 13.8 Å². The number of aromatic nitrogens is 2. The van der Waals surface area contributed by atoms with Crippen LogP contribution in [0.2, 0.25) is 0 Å². The first kappa shape index (κ1) is 15.0. The summed E-state index contributed by atoms with van der Waals surface area (Å²) in [4.78, 5) is 33.9. The van der Waals surface area contributed by atoms with Gasteiger partial charge in [-0.15, -0.1) is 0 Å². The summed E-state index contributed by atoms with van der Waals surface area (Å²) in [5, 5.41) is 14.4.